The van der Waals surface area contributed by atoms with E-state index in [1.807, 2.05) is 103 Å². The molecule has 7 nitrogen and oxygen atoms in total. The van der Waals surface area contributed by atoms with Crippen LogP contribution >= 0.6 is 0 Å². The van der Waals surface area contributed by atoms with Crippen LogP contribution in [0.2, 0.25) is 0 Å². The minimum absolute atomic E-state index is 0.232. The van der Waals surface area contributed by atoms with Gasteiger partial charge in [0.05, 0.1) is 5.69 Å². The molecule has 8 heteroatoms. The third-order valence-corrected chi connectivity index (χ3v) is 6.93. The van der Waals surface area contributed by atoms with Gasteiger partial charge in [-0.15, -0.1) is 0 Å². The molecule has 2 heterocycles. The normalized spacial score (nSPS) is 14.2. The summed E-state index contributed by atoms with van der Waals surface area (Å²) in [6.45, 7) is 0. The lowest BCUT2D eigenvalue weighted by atomic mass is 10.0. The molecule has 1 N–H and O–H groups in total. The van der Waals surface area contributed by atoms with Crippen LogP contribution in [-0.4, -0.2) is 18.8 Å². The van der Waals surface area contributed by atoms with Crippen molar-refractivity contribution in [3.8, 4) is 28.0 Å². The second-order valence-corrected chi connectivity index (χ2v) is 10.2. The summed E-state index contributed by atoms with van der Waals surface area (Å²) in [7, 11) is -2.49. The number of oxazole rings is 1. The Bertz CT molecular complexity index is 1760. The van der Waals surface area contributed by atoms with Gasteiger partial charge in [0.2, 0.25) is 11.5 Å². The maximum absolute atomic E-state index is 11.9. The monoisotopic (exact) mass is 511 g/mol. The Morgan fingerprint density at radius 2 is 1.46 bits per heavy atom. The summed E-state index contributed by atoms with van der Waals surface area (Å²) < 4.78 is 47.6. The molecular weight excluding hydrogens is 488 g/mol. The van der Waals surface area contributed by atoms with E-state index in [1.54, 1.807) is 12.1 Å². The highest BCUT2D eigenvalue weighted by Crippen LogP contribution is 2.42. The van der Waals surface area contributed by atoms with Crippen molar-refractivity contribution < 1.29 is 26.7 Å². The molecule has 5 aromatic rings. The van der Waals surface area contributed by atoms with Crippen molar-refractivity contribution in [1.29, 1.82) is 0 Å². The fourth-order valence-electron chi connectivity index (χ4n) is 4.52. The number of hydrogen-bond acceptors (Lipinski definition) is 5. The van der Waals surface area contributed by atoms with Crippen LogP contribution in [0.1, 0.15) is 5.89 Å². The first kappa shape index (κ1) is 23.0. The number of aryl methyl sites for hydroxylation is 1. The molecule has 0 radical (unpaired) electrons. The SMILES string of the molecule is C[n+]1c(/C=C2\Oc3ccc(-c4ccccc4)cc3N2CS(=O)(=O)O)oc2ccc(-c3ccccc3)cc21. The van der Waals surface area contributed by atoms with E-state index < -0.39 is 16.0 Å². The summed E-state index contributed by atoms with van der Waals surface area (Å²) >= 11 is 0. The standard InChI is InChI=1S/C29H22N2O5S/c1-30-24-16-22(20-8-4-2-5-9-20)12-14-26(24)35-28(30)18-29-31(19-37(32,33)34)25-17-23(13-15-27(25)36-29)21-10-6-3-7-11-21/h2-18H,19H2,1H3/p+1. The van der Waals surface area contributed by atoms with E-state index >= 15 is 0 Å². The highest BCUT2D eigenvalue weighted by molar-refractivity contribution is 7.85. The molecule has 0 amide bonds. The third-order valence-electron chi connectivity index (χ3n) is 6.35. The van der Waals surface area contributed by atoms with Crippen molar-refractivity contribution >= 4 is 33.0 Å². The van der Waals surface area contributed by atoms with Gasteiger partial charge >= 0.3 is 5.89 Å². The molecule has 6 rings (SSSR count). The first-order valence-corrected chi connectivity index (χ1v) is 13.3. The Morgan fingerprint density at radius 3 is 2.11 bits per heavy atom. The Kier molecular flexibility index (Phi) is 5.55. The van der Waals surface area contributed by atoms with Gasteiger partial charge in [-0.05, 0) is 40.5 Å². The molecular formula is C29H23N2O5S+. The molecule has 0 saturated carbocycles. The van der Waals surface area contributed by atoms with Crippen LogP contribution < -0.4 is 14.2 Å². The van der Waals surface area contributed by atoms with E-state index in [4.69, 9.17) is 9.15 Å². The lowest BCUT2D eigenvalue weighted by Crippen LogP contribution is -2.31. The highest BCUT2D eigenvalue weighted by atomic mass is 32.2. The number of fused-ring (bicyclic) bond motifs is 2. The molecule has 1 aliphatic heterocycles. The Hall–Kier alpha value is -4.40. The summed E-state index contributed by atoms with van der Waals surface area (Å²) in [6, 6.07) is 31.3. The number of ether oxygens (including phenoxy) is 1. The number of hydrogen-bond donors (Lipinski definition) is 1. The fraction of sp³-hybridized carbons (Fsp3) is 0.0690. The van der Waals surface area contributed by atoms with Crippen LogP contribution in [0.3, 0.4) is 0 Å². The third kappa shape index (κ3) is 4.48. The predicted octanol–water partition coefficient (Wildman–Crippen LogP) is 5.63. The van der Waals surface area contributed by atoms with E-state index in [2.05, 4.69) is 0 Å². The predicted molar refractivity (Wildman–Crippen MR) is 142 cm³/mol. The minimum Gasteiger partial charge on any atom is -0.438 e. The quantitative estimate of drug-likeness (QED) is 0.243. The lowest BCUT2D eigenvalue weighted by molar-refractivity contribution is -0.652. The van der Waals surface area contributed by atoms with E-state index in [0.29, 0.717) is 22.9 Å². The zero-order valence-corrected chi connectivity index (χ0v) is 20.7. The number of anilines is 1. The zero-order chi connectivity index (χ0) is 25.6. The van der Waals surface area contributed by atoms with Crippen LogP contribution in [0.5, 0.6) is 5.75 Å². The van der Waals surface area contributed by atoms with E-state index in [-0.39, 0.29) is 5.88 Å². The zero-order valence-electron chi connectivity index (χ0n) is 19.9. The largest absolute Gasteiger partial charge is 0.438 e. The van der Waals surface area contributed by atoms with Gasteiger partial charge < -0.3 is 9.15 Å². The first-order chi connectivity index (χ1) is 17.9. The van der Waals surface area contributed by atoms with Gasteiger partial charge in [0.15, 0.2) is 11.6 Å². The molecule has 37 heavy (non-hydrogen) atoms. The van der Waals surface area contributed by atoms with Gasteiger partial charge in [0.25, 0.3) is 15.6 Å². The van der Waals surface area contributed by atoms with Gasteiger partial charge in [-0.1, -0.05) is 72.8 Å². The number of aromatic nitrogens is 1. The Balaban J connectivity index is 1.42. The van der Waals surface area contributed by atoms with Gasteiger partial charge in [0, 0.05) is 6.07 Å². The molecule has 0 aliphatic carbocycles. The topological polar surface area (TPSA) is 83.9 Å². The van der Waals surface area contributed by atoms with Crippen molar-refractivity contribution in [2.24, 2.45) is 7.05 Å². The molecule has 1 aromatic heterocycles. The summed E-state index contributed by atoms with van der Waals surface area (Å²) in [5.74, 6) is 0.522. The van der Waals surface area contributed by atoms with E-state index in [0.717, 1.165) is 27.8 Å². The van der Waals surface area contributed by atoms with Crippen LogP contribution in [0.4, 0.5) is 5.69 Å². The molecule has 0 atom stereocenters. The second-order valence-electron chi connectivity index (χ2n) is 8.82. The Labute approximate surface area is 214 Å². The minimum atomic E-state index is -4.36. The summed E-state index contributed by atoms with van der Waals surface area (Å²) in [4.78, 5) is 1.43. The molecule has 0 bridgehead atoms. The number of benzene rings is 4. The molecule has 0 saturated heterocycles. The van der Waals surface area contributed by atoms with Gasteiger partial charge in [-0.3, -0.25) is 9.45 Å². The van der Waals surface area contributed by atoms with Crippen molar-refractivity contribution in [1.82, 2.24) is 0 Å². The smallest absolute Gasteiger partial charge is 0.379 e. The Morgan fingerprint density at radius 1 is 0.838 bits per heavy atom. The maximum atomic E-state index is 11.9. The molecule has 184 valence electrons. The van der Waals surface area contributed by atoms with Crippen molar-refractivity contribution in [3.63, 3.8) is 0 Å². The average molecular weight is 512 g/mol. The summed E-state index contributed by atoms with van der Waals surface area (Å²) in [5, 5.41) is 0. The van der Waals surface area contributed by atoms with Crippen molar-refractivity contribution in [2.75, 3.05) is 10.8 Å². The maximum Gasteiger partial charge on any atom is 0.379 e. The molecule has 0 fully saturated rings. The average Bonchev–Trinajstić information content (AvgIpc) is 3.40. The lowest BCUT2D eigenvalue weighted by Gasteiger charge is -2.16. The van der Waals surface area contributed by atoms with Gasteiger partial charge in [0.1, 0.15) is 13.1 Å². The van der Waals surface area contributed by atoms with Crippen LogP contribution in [0, 0.1) is 0 Å². The van der Waals surface area contributed by atoms with E-state index in [9.17, 15) is 13.0 Å². The van der Waals surface area contributed by atoms with Crippen LogP contribution in [-0.2, 0) is 17.2 Å². The van der Waals surface area contributed by atoms with Crippen LogP contribution in [0.15, 0.2) is 107 Å². The number of rotatable bonds is 5. The second kappa shape index (κ2) is 8.92. The van der Waals surface area contributed by atoms with Crippen molar-refractivity contribution in [3.05, 3.63) is 109 Å². The van der Waals surface area contributed by atoms with Gasteiger partial charge in [-0.2, -0.15) is 13.0 Å². The fourth-order valence-corrected chi connectivity index (χ4v) is 5.12. The molecule has 4 aromatic carbocycles. The molecule has 1 aliphatic rings. The molecule has 0 unspecified atom stereocenters. The summed E-state index contributed by atoms with van der Waals surface area (Å²) in [6.07, 6.45) is 1.63. The highest BCUT2D eigenvalue weighted by Gasteiger charge is 2.32. The van der Waals surface area contributed by atoms with Crippen molar-refractivity contribution in [2.45, 2.75) is 0 Å². The van der Waals surface area contributed by atoms with E-state index in [1.165, 1.54) is 4.90 Å². The first-order valence-electron chi connectivity index (χ1n) is 11.7. The molecule has 0 spiro atoms. The van der Waals surface area contributed by atoms with Gasteiger partial charge in [-0.25, -0.2) is 0 Å². The van der Waals surface area contributed by atoms with Crippen LogP contribution in [0.25, 0.3) is 39.4 Å². The number of nitrogens with zero attached hydrogens (tertiary/aromatic N) is 2. The summed E-state index contributed by atoms with van der Waals surface area (Å²) in [5.41, 5.74) is 6.10.